The van der Waals surface area contributed by atoms with Crippen LogP contribution in [-0.2, 0) is 13.5 Å². The van der Waals surface area contributed by atoms with Crippen molar-refractivity contribution >= 4 is 15.9 Å². The predicted molar refractivity (Wildman–Crippen MR) is 78.7 cm³/mol. The average Bonchev–Trinajstić information content (AvgIpc) is 2.71. The van der Waals surface area contributed by atoms with Crippen molar-refractivity contribution in [2.24, 2.45) is 7.05 Å². The number of likely N-dealkylation sites (N-methyl/N-ethyl adjacent to an activating group) is 1. The average molecular weight is 308 g/mol. The van der Waals surface area contributed by atoms with Gasteiger partial charge in [-0.05, 0) is 31.7 Å². The summed E-state index contributed by atoms with van der Waals surface area (Å²) < 4.78 is 3.27. The lowest BCUT2D eigenvalue weighted by Gasteiger charge is -2.09. The Labute approximate surface area is 116 Å². The van der Waals surface area contributed by atoms with Crippen molar-refractivity contribution < 1.29 is 0 Å². The van der Waals surface area contributed by atoms with Gasteiger partial charge >= 0.3 is 0 Å². The molecule has 0 bridgehead atoms. The molecule has 0 unspecified atom stereocenters. The van der Waals surface area contributed by atoms with E-state index in [0.29, 0.717) is 0 Å². The van der Waals surface area contributed by atoms with Crippen molar-refractivity contribution in [3.05, 3.63) is 40.3 Å². The van der Waals surface area contributed by atoms with E-state index in [4.69, 9.17) is 0 Å². The van der Waals surface area contributed by atoms with Gasteiger partial charge in [0.05, 0.1) is 11.9 Å². The molecule has 0 aliphatic heterocycles. The monoisotopic (exact) mass is 307 g/mol. The molecule has 0 aliphatic carbocycles. The molecule has 0 spiro atoms. The lowest BCUT2D eigenvalue weighted by molar-refractivity contribution is 0.720. The van der Waals surface area contributed by atoms with E-state index in [1.54, 1.807) is 0 Å². The summed E-state index contributed by atoms with van der Waals surface area (Å²) in [5.41, 5.74) is 3.66. The van der Waals surface area contributed by atoms with Crippen molar-refractivity contribution in [1.82, 2.24) is 14.9 Å². The second kappa shape index (κ2) is 5.67. The Morgan fingerprint density at radius 2 is 2.17 bits per heavy atom. The van der Waals surface area contributed by atoms with Crippen LogP contribution in [0.2, 0.25) is 0 Å². The molecule has 4 heteroatoms. The summed E-state index contributed by atoms with van der Waals surface area (Å²) >= 11 is 3.53. The summed E-state index contributed by atoms with van der Waals surface area (Å²) in [6.45, 7) is 3.07. The second-order valence-electron chi connectivity index (χ2n) is 4.43. The minimum absolute atomic E-state index is 0.944. The minimum atomic E-state index is 0.944. The molecule has 1 aromatic heterocycles. The third-order valence-corrected chi connectivity index (χ3v) is 3.65. The van der Waals surface area contributed by atoms with Gasteiger partial charge in [0.25, 0.3) is 0 Å². The largest absolute Gasteiger partial charge is 0.331 e. The molecule has 3 nitrogen and oxygen atoms in total. The number of hydrogen-bond donors (Lipinski definition) is 1. The van der Waals surface area contributed by atoms with Crippen LogP contribution in [-0.4, -0.2) is 23.1 Å². The van der Waals surface area contributed by atoms with Crippen LogP contribution in [0.1, 0.15) is 11.4 Å². The number of hydrogen-bond acceptors (Lipinski definition) is 2. The fraction of sp³-hybridized carbons (Fsp3) is 0.357. The highest BCUT2D eigenvalue weighted by Gasteiger charge is 2.10. The van der Waals surface area contributed by atoms with E-state index in [2.05, 4.69) is 63.0 Å². The highest BCUT2D eigenvalue weighted by molar-refractivity contribution is 9.10. The SMILES string of the molecule is CNCCc1ncc(-c2cc(Br)ccc2C)n1C. The third kappa shape index (κ3) is 2.65. The van der Waals surface area contributed by atoms with Gasteiger partial charge in [0, 0.05) is 30.0 Å². The van der Waals surface area contributed by atoms with Gasteiger partial charge in [0.15, 0.2) is 0 Å². The summed E-state index contributed by atoms with van der Waals surface area (Å²) in [6, 6.07) is 6.34. The standard InChI is InChI=1S/C14H18BrN3/c1-10-4-5-11(15)8-12(10)13-9-17-14(18(13)3)6-7-16-2/h4-5,8-9,16H,6-7H2,1-3H3. The highest BCUT2D eigenvalue weighted by atomic mass is 79.9. The van der Waals surface area contributed by atoms with Gasteiger partial charge in [-0.15, -0.1) is 0 Å². The first-order valence-corrected chi connectivity index (χ1v) is 6.84. The van der Waals surface area contributed by atoms with Crippen molar-refractivity contribution in [3.63, 3.8) is 0 Å². The first-order chi connectivity index (χ1) is 8.63. The molecule has 0 saturated carbocycles. The molecule has 0 saturated heterocycles. The molecule has 2 rings (SSSR count). The van der Waals surface area contributed by atoms with Gasteiger partial charge in [-0.25, -0.2) is 4.98 Å². The molecule has 0 aliphatic rings. The Bertz CT molecular complexity index is 546. The number of halogens is 1. The Morgan fingerprint density at radius 3 is 2.89 bits per heavy atom. The number of nitrogens with zero attached hydrogens (tertiary/aromatic N) is 2. The zero-order chi connectivity index (χ0) is 13.1. The van der Waals surface area contributed by atoms with E-state index < -0.39 is 0 Å². The van der Waals surface area contributed by atoms with Crippen LogP contribution in [0, 0.1) is 6.92 Å². The van der Waals surface area contributed by atoms with Crippen molar-refractivity contribution in [2.45, 2.75) is 13.3 Å². The molecule has 2 aromatic rings. The fourth-order valence-corrected chi connectivity index (χ4v) is 2.40. The molecule has 1 heterocycles. The van der Waals surface area contributed by atoms with Crippen LogP contribution < -0.4 is 5.32 Å². The van der Waals surface area contributed by atoms with E-state index in [-0.39, 0.29) is 0 Å². The van der Waals surface area contributed by atoms with E-state index in [0.717, 1.165) is 23.3 Å². The summed E-state index contributed by atoms with van der Waals surface area (Å²) in [6.07, 6.45) is 2.90. The maximum atomic E-state index is 4.51. The van der Waals surface area contributed by atoms with Gasteiger partial charge in [-0.1, -0.05) is 22.0 Å². The zero-order valence-corrected chi connectivity index (χ0v) is 12.6. The summed E-state index contributed by atoms with van der Waals surface area (Å²) in [7, 11) is 4.04. The van der Waals surface area contributed by atoms with Gasteiger partial charge in [0.2, 0.25) is 0 Å². The fourth-order valence-electron chi connectivity index (χ4n) is 2.04. The minimum Gasteiger partial charge on any atom is -0.331 e. The number of nitrogens with one attached hydrogen (secondary N) is 1. The lowest BCUT2D eigenvalue weighted by Crippen LogP contribution is -2.13. The van der Waals surface area contributed by atoms with Crippen LogP contribution in [0.15, 0.2) is 28.9 Å². The summed E-state index contributed by atoms with van der Waals surface area (Å²) in [5.74, 6) is 1.11. The van der Waals surface area contributed by atoms with Crippen molar-refractivity contribution in [1.29, 1.82) is 0 Å². The molecule has 1 N–H and O–H groups in total. The molecule has 0 atom stereocenters. The number of aromatic nitrogens is 2. The molecule has 0 fully saturated rings. The zero-order valence-electron chi connectivity index (χ0n) is 11.0. The van der Waals surface area contributed by atoms with Crippen LogP contribution >= 0.6 is 15.9 Å². The maximum absolute atomic E-state index is 4.51. The van der Waals surface area contributed by atoms with E-state index in [1.165, 1.54) is 16.8 Å². The van der Waals surface area contributed by atoms with Crippen LogP contribution in [0.3, 0.4) is 0 Å². The Balaban J connectivity index is 2.39. The molecule has 0 amide bonds. The molecular weight excluding hydrogens is 290 g/mol. The van der Waals surface area contributed by atoms with E-state index >= 15 is 0 Å². The normalized spacial score (nSPS) is 10.9. The van der Waals surface area contributed by atoms with Crippen LogP contribution in [0.25, 0.3) is 11.3 Å². The maximum Gasteiger partial charge on any atom is 0.110 e. The second-order valence-corrected chi connectivity index (χ2v) is 5.35. The van der Waals surface area contributed by atoms with Gasteiger partial charge < -0.3 is 9.88 Å². The van der Waals surface area contributed by atoms with Crippen LogP contribution in [0.5, 0.6) is 0 Å². The Hall–Kier alpha value is -1.13. The number of benzene rings is 1. The van der Waals surface area contributed by atoms with Crippen LogP contribution in [0.4, 0.5) is 0 Å². The molecule has 0 radical (unpaired) electrons. The quantitative estimate of drug-likeness (QED) is 0.941. The van der Waals surface area contributed by atoms with E-state index in [1.807, 2.05) is 13.2 Å². The first kappa shape index (κ1) is 13.3. The van der Waals surface area contributed by atoms with Crippen molar-refractivity contribution in [2.75, 3.05) is 13.6 Å². The first-order valence-electron chi connectivity index (χ1n) is 6.05. The highest BCUT2D eigenvalue weighted by Crippen LogP contribution is 2.27. The number of imidazole rings is 1. The van der Waals surface area contributed by atoms with Gasteiger partial charge in [-0.2, -0.15) is 0 Å². The molecule has 18 heavy (non-hydrogen) atoms. The van der Waals surface area contributed by atoms with E-state index in [9.17, 15) is 0 Å². The van der Waals surface area contributed by atoms with Gasteiger partial charge in [0.1, 0.15) is 5.82 Å². The Morgan fingerprint density at radius 1 is 1.39 bits per heavy atom. The summed E-state index contributed by atoms with van der Waals surface area (Å²) in [5, 5.41) is 3.15. The number of aryl methyl sites for hydroxylation is 1. The smallest absolute Gasteiger partial charge is 0.110 e. The predicted octanol–water partition coefficient (Wildman–Crippen LogP) is 2.92. The van der Waals surface area contributed by atoms with Crippen molar-refractivity contribution in [3.8, 4) is 11.3 Å². The van der Waals surface area contributed by atoms with Gasteiger partial charge in [-0.3, -0.25) is 0 Å². The molecule has 96 valence electrons. The third-order valence-electron chi connectivity index (χ3n) is 3.16. The summed E-state index contributed by atoms with van der Waals surface area (Å²) in [4.78, 5) is 4.51. The lowest BCUT2D eigenvalue weighted by atomic mass is 10.1. The topological polar surface area (TPSA) is 29.9 Å². The Kier molecular flexibility index (Phi) is 4.19. The molecular formula is C14H18BrN3. The molecule has 1 aromatic carbocycles. The number of rotatable bonds is 4.